The van der Waals surface area contributed by atoms with E-state index in [2.05, 4.69) is 44.7 Å². The van der Waals surface area contributed by atoms with Crippen LogP contribution >= 0.6 is 11.6 Å². The Labute approximate surface area is 204 Å². The van der Waals surface area contributed by atoms with Crippen molar-refractivity contribution in [3.8, 4) is 22.4 Å². The Bertz CT molecular complexity index is 1120. The van der Waals surface area contributed by atoms with Gasteiger partial charge in [-0.05, 0) is 23.1 Å². The Balaban J connectivity index is 1.60. The molecule has 8 nitrogen and oxygen atoms in total. The fraction of sp³-hybridized carbons (Fsp3) is 0.400. The normalized spacial score (nSPS) is 20.5. The van der Waals surface area contributed by atoms with E-state index < -0.39 is 11.0 Å². The summed E-state index contributed by atoms with van der Waals surface area (Å²) in [6, 6.07) is 16.0. The number of aliphatic hydroxyl groups is 1. The number of rotatable bonds is 9. The van der Waals surface area contributed by atoms with Crippen LogP contribution in [0, 0.1) is 0 Å². The van der Waals surface area contributed by atoms with E-state index in [0.29, 0.717) is 18.8 Å². The third-order valence-electron chi connectivity index (χ3n) is 6.31. The number of hydrogen-bond acceptors (Lipinski definition) is 7. The maximum atomic E-state index is 12.1. The van der Waals surface area contributed by atoms with Crippen molar-refractivity contribution in [2.24, 2.45) is 0 Å². The second-order valence-electron chi connectivity index (χ2n) is 8.51. The molecule has 1 aromatic heterocycles. The molecule has 2 atom stereocenters. The molecule has 180 valence electrons. The molecule has 0 aliphatic carbocycles. The zero-order chi connectivity index (χ0) is 24.1. The van der Waals surface area contributed by atoms with Gasteiger partial charge in [0.2, 0.25) is 0 Å². The molecule has 2 aromatic carbocycles. The quantitative estimate of drug-likeness (QED) is 0.242. The third kappa shape index (κ3) is 4.86. The molecule has 0 bridgehead atoms. The molecule has 1 fully saturated rings. The molecule has 0 spiro atoms. The number of unbranched alkanes of at least 4 members (excludes halogenated alkanes) is 1. The minimum absolute atomic E-state index is 0.115. The number of alkyl halides is 1. The largest absolute Gasteiger partial charge is 0.464 e. The lowest BCUT2D eigenvalue weighted by molar-refractivity contribution is 0.0595. The maximum absolute atomic E-state index is 12.1. The number of carbonyl (C=O) groups is 1. The molecule has 0 saturated carbocycles. The zero-order valence-electron chi connectivity index (χ0n) is 19.4. The molecular weight excluding hydrogens is 454 g/mol. The number of carbonyl (C=O) groups excluding carboxylic acids is 1. The Morgan fingerprint density at radius 2 is 1.97 bits per heavy atom. The summed E-state index contributed by atoms with van der Waals surface area (Å²) in [5.74, 6) is -0.518. The summed E-state index contributed by atoms with van der Waals surface area (Å²) < 4.78 is 4.85. The van der Waals surface area contributed by atoms with Crippen molar-refractivity contribution in [1.29, 1.82) is 0 Å². The highest BCUT2D eigenvalue weighted by Crippen LogP contribution is 2.34. The lowest BCUT2D eigenvalue weighted by Crippen LogP contribution is -2.46. The van der Waals surface area contributed by atoms with Crippen LogP contribution in [0.1, 0.15) is 42.2 Å². The van der Waals surface area contributed by atoms with E-state index in [1.807, 2.05) is 36.4 Å². The second kappa shape index (κ2) is 10.7. The molecule has 9 heteroatoms. The summed E-state index contributed by atoms with van der Waals surface area (Å²) in [4.78, 5) is 13.5. The number of aromatic nitrogens is 3. The van der Waals surface area contributed by atoms with Crippen LogP contribution in [0.15, 0.2) is 48.5 Å². The molecule has 1 aliphatic heterocycles. The van der Waals surface area contributed by atoms with Crippen molar-refractivity contribution >= 4 is 17.6 Å². The van der Waals surface area contributed by atoms with Gasteiger partial charge in [0.15, 0.2) is 5.69 Å². The van der Waals surface area contributed by atoms with Gasteiger partial charge in [-0.2, -0.15) is 0 Å². The molecule has 2 heterocycles. The summed E-state index contributed by atoms with van der Waals surface area (Å²) >= 11 is 6.76. The summed E-state index contributed by atoms with van der Waals surface area (Å²) in [7, 11) is 1.33. The number of esters is 1. The first-order valence-electron chi connectivity index (χ1n) is 11.5. The highest BCUT2D eigenvalue weighted by Gasteiger charge is 2.44. The van der Waals surface area contributed by atoms with Gasteiger partial charge in [0, 0.05) is 18.7 Å². The Morgan fingerprint density at radius 1 is 1.24 bits per heavy atom. The summed E-state index contributed by atoms with van der Waals surface area (Å²) in [6.45, 7) is 3.23. The predicted molar refractivity (Wildman–Crippen MR) is 131 cm³/mol. The zero-order valence-corrected chi connectivity index (χ0v) is 20.2. The standard InChI is InChI=1S/C25H30ClN5O3/c1-3-4-9-21-27-15-25(26,16-32)31(21)14-17-10-12-18(13-11-17)19-7-5-6-8-20(19)22-23(24(33)34-2)29-30-28-22/h5-8,10-13,21,27,32H,3-4,9,14-16H2,1-2H3,(H,28,29,30). The molecule has 1 saturated heterocycles. The molecule has 2 unspecified atom stereocenters. The number of aromatic amines is 1. The van der Waals surface area contributed by atoms with Crippen molar-refractivity contribution in [1.82, 2.24) is 25.6 Å². The smallest absolute Gasteiger partial charge is 0.358 e. The van der Waals surface area contributed by atoms with E-state index in [0.717, 1.165) is 41.5 Å². The van der Waals surface area contributed by atoms with Gasteiger partial charge in [0.05, 0.1) is 19.9 Å². The van der Waals surface area contributed by atoms with Gasteiger partial charge in [0.1, 0.15) is 10.7 Å². The van der Waals surface area contributed by atoms with Crippen LogP contribution in [-0.2, 0) is 11.3 Å². The van der Waals surface area contributed by atoms with Crippen molar-refractivity contribution in [3.63, 3.8) is 0 Å². The molecule has 3 N–H and O–H groups in total. The summed E-state index contributed by atoms with van der Waals surface area (Å²) in [5.41, 5.74) is 4.46. The van der Waals surface area contributed by atoms with Gasteiger partial charge in [-0.1, -0.05) is 85.1 Å². The average molecular weight is 484 g/mol. The van der Waals surface area contributed by atoms with Crippen molar-refractivity contribution in [3.05, 3.63) is 59.8 Å². The Morgan fingerprint density at radius 3 is 2.65 bits per heavy atom. The van der Waals surface area contributed by atoms with E-state index in [9.17, 15) is 9.90 Å². The van der Waals surface area contributed by atoms with E-state index >= 15 is 0 Å². The van der Waals surface area contributed by atoms with Crippen LogP contribution in [0.3, 0.4) is 0 Å². The van der Waals surface area contributed by atoms with Crippen LogP contribution < -0.4 is 5.32 Å². The number of H-pyrrole nitrogens is 1. The second-order valence-corrected chi connectivity index (χ2v) is 9.22. The number of benzene rings is 2. The molecule has 0 radical (unpaired) electrons. The first kappa shape index (κ1) is 24.3. The number of aliphatic hydroxyl groups excluding tert-OH is 1. The molecule has 0 amide bonds. The number of ether oxygens (including phenoxy) is 1. The van der Waals surface area contributed by atoms with E-state index in [-0.39, 0.29) is 18.5 Å². The van der Waals surface area contributed by atoms with Crippen LogP contribution in [0.4, 0.5) is 0 Å². The number of methoxy groups -OCH3 is 1. The van der Waals surface area contributed by atoms with Crippen LogP contribution in [-0.4, -0.2) is 62.8 Å². The fourth-order valence-electron chi connectivity index (χ4n) is 4.41. The predicted octanol–water partition coefficient (Wildman–Crippen LogP) is 3.77. The number of hydrogen-bond donors (Lipinski definition) is 3. The first-order chi connectivity index (χ1) is 16.5. The van der Waals surface area contributed by atoms with Crippen molar-refractivity contribution in [2.45, 2.75) is 43.9 Å². The lowest BCUT2D eigenvalue weighted by Gasteiger charge is -2.34. The van der Waals surface area contributed by atoms with Crippen molar-refractivity contribution < 1.29 is 14.6 Å². The monoisotopic (exact) mass is 483 g/mol. The summed E-state index contributed by atoms with van der Waals surface area (Å²) in [5, 5.41) is 24.0. The van der Waals surface area contributed by atoms with Gasteiger partial charge in [-0.15, -0.1) is 5.10 Å². The first-order valence-corrected chi connectivity index (χ1v) is 11.9. The van der Waals surface area contributed by atoms with Gasteiger partial charge in [-0.25, -0.2) is 4.79 Å². The van der Waals surface area contributed by atoms with Gasteiger partial charge in [0.25, 0.3) is 0 Å². The number of nitrogens with one attached hydrogen (secondary N) is 2. The highest BCUT2D eigenvalue weighted by molar-refractivity contribution is 6.24. The molecular formula is C25H30ClN5O3. The van der Waals surface area contributed by atoms with Gasteiger partial charge >= 0.3 is 5.97 Å². The molecule has 1 aliphatic rings. The number of nitrogens with zero attached hydrogens (tertiary/aromatic N) is 3. The van der Waals surface area contributed by atoms with E-state index in [1.165, 1.54) is 7.11 Å². The Hall–Kier alpha value is -2.78. The van der Waals surface area contributed by atoms with Gasteiger partial charge in [-0.3, -0.25) is 15.3 Å². The lowest BCUT2D eigenvalue weighted by atomic mass is 9.96. The maximum Gasteiger partial charge on any atom is 0.358 e. The Kier molecular flexibility index (Phi) is 7.63. The minimum atomic E-state index is -0.805. The van der Waals surface area contributed by atoms with E-state index in [4.69, 9.17) is 16.3 Å². The fourth-order valence-corrected chi connectivity index (χ4v) is 4.66. The van der Waals surface area contributed by atoms with Gasteiger partial charge < -0.3 is 9.84 Å². The molecule has 4 rings (SSSR count). The van der Waals surface area contributed by atoms with E-state index in [1.54, 1.807) is 0 Å². The van der Waals surface area contributed by atoms with Crippen LogP contribution in [0.5, 0.6) is 0 Å². The number of halogens is 1. The molecule has 3 aromatic rings. The minimum Gasteiger partial charge on any atom is -0.464 e. The molecule has 34 heavy (non-hydrogen) atoms. The van der Waals surface area contributed by atoms with Crippen LogP contribution in [0.25, 0.3) is 22.4 Å². The SMILES string of the molecule is CCCCC1NCC(Cl)(CO)N1Cc1ccc(-c2ccccc2-c2nn[nH]c2C(=O)OC)cc1. The van der Waals surface area contributed by atoms with Crippen LogP contribution in [0.2, 0.25) is 0 Å². The van der Waals surface area contributed by atoms with Crippen molar-refractivity contribution in [2.75, 3.05) is 20.3 Å². The highest BCUT2D eigenvalue weighted by atomic mass is 35.5. The third-order valence-corrected chi connectivity index (χ3v) is 6.78. The average Bonchev–Trinajstić information content (AvgIpc) is 3.48. The topological polar surface area (TPSA) is 103 Å². The summed E-state index contributed by atoms with van der Waals surface area (Å²) in [6.07, 6.45) is 3.32.